The van der Waals surface area contributed by atoms with Crippen molar-refractivity contribution in [1.82, 2.24) is 5.32 Å². The average Bonchev–Trinajstić information content (AvgIpc) is 2.33. The van der Waals surface area contributed by atoms with E-state index in [-0.39, 0.29) is 0 Å². The van der Waals surface area contributed by atoms with Crippen LogP contribution < -0.4 is 5.32 Å². The second-order valence-corrected chi connectivity index (χ2v) is 7.08. The molecule has 106 valence electrons. The molecule has 0 aromatic rings. The highest BCUT2D eigenvalue weighted by Gasteiger charge is 2.49. The molecule has 4 unspecified atom stereocenters. The van der Waals surface area contributed by atoms with Crippen molar-refractivity contribution >= 4 is 0 Å². The summed E-state index contributed by atoms with van der Waals surface area (Å²) in [5.74, 6) is 0.862. The van der Waals surface area contributed by atoms with E-state index >= 15 is 0 Å². The molecule has 0 bridgehead atoms. The summed E-state index contributed by atoms with van der Waals surface area (Å²) >= 11 is 0. The van der Waals surface area contributed by atoms with Crippen LogP contribution in [0.1, 0.15) is 66.2 Å². The predicted molar refractivity (Wildman–Crippen MR) is 76.8 cm³/mol. The highest BCUT2D eigenvalue weighted by Crippen LogP contribution is 2.44. The van der Waals surface area contributed by atoms with Gasteiger partial charge in [-0.3, -0.25) is 0 Å². The van der Waals surface area contributed by atoms with Crippen LogP contribution in [0.15, 0.2) is 0 Å². The van der Waals surface area contributed by atoms with Gasteiger partial charge < -0.3 is 10.1 Å². The molecule has 2 aliphatic rings. The van der Waals surface area contributed by atoms with Gasteiger partial charge in [-0.05, 0) is 38.1 Å². The Hall–Kier alpha value is -0.0800. The van der Waals surface area contributed by atoms with E-state index in [1.807, 2.05) is 0 Å². The summed E-state index contributed by atoms with van der Waals surface area (Å²) < 4.78 is 6.38. The SMILES string of the molecule is CCCNC1CC(OC2CCCC(C)C2)C1(C)C. The van der Waals surface area contributed by atoms with Crippen molar-refractivity contribution in [2.24, 2.45) is 11.3 Å². The van der Waals surface area contributed by atoms with Gasteiger partial charge in [0.05, 0.1) is 12.2 Å². The van der Waals surface area contributed by atoms with Gasteiger partial charge in [-0.1, -0.05) is 40.5 Å². The van der Waals surface area contributed by atoms with Crippen LogP contribution in [0.5, 0.6) is 0 Å². The van der Waals surface area contributed by atoms with Crippen molar-refractivity contribution < 1.29 is 4.74 Å². The Balaban J connectivity index is 1.77. The minimum absolute atomic E-state index is 0.315. The number of rotatable bonds is 5. The molecule has 0 radical (unpaired) electrons. The molecule has 1 N–H and O–H groups in total. The number of ether oxygens (including phenoxy) is 1. The van der Waals surface area contributed by atoms with Gasteiger partial charge in [0, 0.05) is 11.5 Å². The van der Waals surface area contributed by atoms with E-state index in [0.717, 1.165) is 12.5 Å². The van der Waals surface area contributed by atoms with E-state index in [1.54, 1.807) is 0 Å². The second-order valence-electron chi connectivity index (χ2n) is 7.08. The molecule has 0 aliphatic heterocycles. The molecule has 0 aromatic carbocycles. The first-order chi connectivity index (χ1) is 8.54. The van der Waals surface area contributed by atoms with E-state index in [1.165, 1.54) is 38.5 Å². The highest BCUT2D eigenvalue weighted by atomic mass is 16.5. The Morgan fingerprint density at radius 2 is 2.00 bits per heavy atom. The topological polar surface area (TPSA) is 21.3 Å². The zero-order valence-corrected chi connectivity index (χ0v) is 12.7. The summed E-state index contributed by atoms with van der Waals surface area (Å²) in [4.78, 5) is 0. The predicted octanol–water partition coefficient (Wildman–Crippen LogP) is 3.75. The van der Waals surface area contributed by atoms with Crippen LogP contribution in [-0.4, -0.2) is 24.8 Å². The van der Waals surface area contributed by atoms with Gasteiger partial charge in [0.1, 0.15) is 0 Å². The van der Waals surface area contributed by atoms with Crippen molar-refractivity contribution in [3.63, 3.8) is 0 Å². The molecule has 2 saturated carbocycles. The lowest BCUT2D eigenvalue weighted by molar-refractivity contribution is -0.157. The summed E-state index contributed by atoms with van der Waals surface area (Å²) in [7, 11) is 0. The summed E-state index contributed by atoms with van der Waals surface area (Å²) in [6.45, 7) is 10.5. The average molecular weight is 253 g/mol. The largest absolute Gasteiger partial charge is 0.374 e. The molecule has 0 aromatic heterocycles. The third-order valence-corrected chi connectivity index (χ3v) is 5.06. The van der Waals surface area contributed by atoms with Crippen molar-refractivity contribution in [3.8, 4) is 0 Å². The van der Waals surface area contributed by atoms with Gasteiger partial charge in [-0.2, -0.15) is 0 Å². The summed E-state index contributed by atoms with van der Waals surface area (Å²) in [5, 5.41) is 3.66. The number of nitrogens with one attached hydrogen (secondary N) is 1. The number of hydrogen-bond acceptors (Lipinski definition) is 2. The van der Waals surface area contributed by atoms with E-state index in [9.17, 15) is 0 Å². The first-order valence-corrected chi connectivity index (χ1v) is 7.92. The Morgan fingerprint density at radius 1 is 1.22 bits per heavy atom. The molecule has 2 rings (SSSR count). The molecule has 2 nitrogen and oxygen atoms in total. The van der Waals surface area contributed by atoms with Crippen molar-refractivity contribution in [1.29, 1.82) is 0 Å². The van der Waals surface area contributed by atoms with Crippen LogP contribution in [0.3, 0.4) is 0 Å². The van der Waals surface area contributed by atoms with Crippen LogP contribution in [0.2, 0.25) is 0 Å². The van der Waals surface area contributed by atoms with Crippen LogP contribution in [-0.2, 0) is 4.74 Å². The normalized spacial score (nSPS) is 39.3. The molecule has 0 amide bonds. The fraction of sp³-hybridized carbons (Fsp3) is 1.00. The zero-order chi connectivity index (χ0) is 13.2. The lowest BCUT2D eigenvalue weighted by Gasteiger charge is -2.53. The highest BCUT2D eigenvalue weighted by molar-refractivity contribution is 5.03. The molecular formula is C16H31NO. The molecule has 2 fully saturated rings. The second kappa shape index (κ2) is 5.92. The van der Waals surface area contributed by atoms with Crippen molar-refractivity contribution in [2.45, 2.75) is 84.5 Å². The Bertz CT molecular complexity index is 264. The molecule has 2 heteroatoms. The Kier molecular flexibility index (Phi) is 4.71. The van der Waals surface area contributed by atoms with E-state index in [4.69, 9.17) is 4.74 Å². The standard InChI is InChI=1S/C16H31NO/c1-5-9-17-14-11-15(16(14,3)4)18-13-8-6-7-12(2)10-13/h12-15,17H,5-11H2,1-4H3. The minimum atomic E-state index is 0.315. The van der Waals surface area contributed by atoms with Gasteiger partial charge in [-0.15, -0.1) is 0 Å². The summed E-state index contributed by atoms with van der Waals surface area (Å²) in [5.41, 5.74) is 0.315. The smallest absolute Gasteiger partial charge is 0.0659 e. The fourth-order valence-corrected chi connectivity index (χ4v) is 3.52. The van der Waals surface area contributed by atoms with E-state index in [2.05, 4.69) is 33.0 Å². The maximum absolute atomic E-state index is 6.38. The van der Waals surface area contributed by atoms with E-state index < -0.39 is 0 Å². The molecule has 18 heavy (non-hydrogen) atoms. The van der Waals surface area contributed by atoms with Gasteiger partial charge >= 0.3 is 0 Å². The van der Waals surface area contributed by atoms with Crippen LogP contribution >= 0.6 is 0 Å². The first kappa shape index (κ1) is 14.3. The van der Waals surface area contributed by atoms with E-state index in [0.29, 0.717) is 23.7 Å². The Labute approximate surface area is 113 Å². The Morgan fingerprint density at radius 3 is 2.61 bits per heavy atom. The number of hydrogen-bond donors (Lipinski definition) is 1. The van der Waals surface area contributed by atoms with Crippen LogP contribution in [0.4, 0.5) is 0 Å². The maximum Gasteiger partial charge on any atom is 0.0659 e. The quantitative estimate of drug-likeness (QED) is 0.805. The lowest BCUT2D eigenvalue weighted by atomic mass is 9.64. The van der Waals surface area contributed by atoms with Crippen LogP contribution in [0.25, 0.3) is 0 Å². The van der Waals surface area contributed by atoms with Gasteiger partial charge in [0.25, 0.3) is 0 Å². The summed E-state index contributed by atoms with van der Waals surface area (Å²) in [6.07, 6.45) is 8.75. The summed E-state index contributed by atoms with van der Waals surface area (Å²) in [6, 6.07) is 0.656. The molecule has 0 spiro atoms. The van der Waals surface area contributed by atoms with Crippen molar-refractivity contribution in [2.75, 3.05) is 6.54 Å². The minimum Gasteiger partial charge on any atom is -0.374 e. The first-order valence-electron chi connectivity index (χ1n) is 7.92. The maximum atomic E-state index is 6.38. The van der Waals surface area contributed by atoms with Gasteiger partial charge in [-0.25, -0.2) is 0 Å². The third-order valence-electron chi connectivity index (χ3n) is 5.06. The fourth-order valence-electron chi connectivity index (χ4n) is 3.52. The van der Waals surface area contributed by atoms with Gasteiger partial charge in [0.15, 0.2) is 0 Å². The molecular weight excluding hydrogens is 222 g/mol. The van der Waals surface area contributed by atoms with Crippen molar-refractivity contribution in [3.05, 3.63) is 0 Å². The van der Waals surface area contributed by atoms with Crippen LogP contribution in [0, 0.1) is 11.3 Å². The molecule has 2 aliphatic carbocycles. The molecule has 4 atom stereocenters. The lowest BCUT2D eigenvalue weighted by Crippen LogP contribution is -2.61. The molecule has 0 heterocycles. The zero-order valence-electron chi connectivity index (χ0n) is 12.7. The third kappa shape index (κ3) is 3.08. The molecule has 0 saturated heterocycles. The monoisotopic (exact) mass is 253 g/mol. The van der Waals surface area contributed by atoms with Gasteiger partial charge in [0.2, 0.25) is 0 Å².